The van der Waals surface area contributed by atoms with Gasteiger partial charge < -0.3 is 5.73 Å². The smallest absolute Gasteiger partial charge is 0.0473 e. The number of nitrogens with two attached hydrogens (primary N) is 1. The Labute approximate surface area is 109 Å². The van der Waals surface area contributed by atoms with Gasteiger partial charge in [0.25, 0.3) is 0 Å². The van der Waals surface area contributed by atoms with E-state index in [0.29, 0.717) is 12.6 Å². The molecule has 0 aromatic heterocycles. The van der Waals surface area contributed by atoms with E-state index in [9.17, 15) is 0 Å². The van der Waals surface area contributed by atoms with Gasteiger partial charge in [0.1, 0.15) is 0 Å². The largest absolute Gasteiger partial charge is 0.329 e. The second-order valence-electron chi connectivity index (χ2n) is 4.78. The van der Waals surface area contributed by atoms with Crippen LogP contribution in [0.2, 0.25) is 5.02 Å². The molecule has 2 N–H and O–H groups in total. The molecule has 2 rings (SSSR count). The lowest BCUT2D eigenvalue weighted by Crippen LogP contribution is -2.36. The Bertz CT molecular complexity index is 363. The van der Waals surface area contributed by atoms with Crippen LogP contribution in [0, 0.1) is 0 Å². The zero-order valence-corrected chi connectivity index (χ0v) is 11.2. The molecule has 1 saturated carbocycles. The molecule has 1 aliphatic rings. The van der Waals surface area contributed by atoms with Gasteiger partial charge >= 0.3 is 0 Å². The number of halogens is 1. The van der Waals surface area contributed by atoms with Crippen LogP contribution in [0.4, 0.5) is 0 Å². The van der Waals surface area contributed by atoms with Crippen molar-refractivity contribution in [3.8, 4) is 0 Å². The van der Waals surface area contributed by atoms with Crippen LogP contribution in [0.5, 0.6) is 0 Å². The number of rotatable bonds is 6. The van der Waals surface area contributed by atoms with Crippen molar-refractivity contribution in [1.29, 1.82) is 0 Å². The van der Waals surface area contributed by atoms with Gasteiger partial charge in [0, 0.05) is 23.7 Å². The van der Waals surface area contributed by atoms with Gasteiger partial charge in [-0.2, -0.15) is 0 Å². The highest BCUT2D eigenvalue weighted by Crippen LogP contribution is 2.34. The average molecular weight is 253 g/mol. The van der Waals surface area contributed by atoms with Crippen LogP contribution in [-0.4, -0.2) is 24.0 Å². The molecule has 1 aromatic carbocycles. The molecule has 0 aliphatic heterocycles. The summed E-state index contributed by atoms with van der Waals surface area (Å²) in [7, 11) is 0. The van der Waals surface area contributed by atoms with Crippen molar-refractivity contribution in [3.63, 3.8) is 0 Å². The van der Waals surface area contributed by atoms with E-state index >= 15 is 0 Å². The number of hydrogen-bond donors (Lipinski definition) is 1. The van der Waals surface area contributed by atoms with Gasteiger partial charge in [0.15, 0.2) is 0 Å². The molecular weight excluding hydrogens is 232 g/mol. The van der Waals surface area contributed by atoms with Crippen molar-refractivity contribution in [3.05, 3.63) is 34.9 Å². The molecule has 0 saturated heterocycles. The normalized spacial score (nSPS) is 17.4. The highest BCUT2D eigenvalue weighted by atomic mass is 35.5. The van der Waals surface area contributed by atoms with E-state index in [4.69, 9.17) is 17.3 Å². The first-order chi connectivity index (χ1) is 8.26. The fourth-order valence-electron chi connectivity index (χ4n) is 2.43. The SMILES string of the molecule is CCCN(C1CC1)C(CN)c1cccc(Cl)c1. The maximum atomic E-state index is 6.06. The Morgan fingerprint density at radius 2 is 2.24 bits per heavy atom. The van der Waals surface area contributed by atoms with Crippen LogP contribution in [0.25, 0.3) is 0 Å². The lowest BCUT2D eigenvalue weighted by molar-refractivity contribution is 0.191. The Morgan fingerprint density at radius 3 is 2.76 bits per heavy atom. The summed E-state index contributed by atoms with van der Waals surface area (Å²) in [6.07, 6.45) is 3.81. The van der Waals surface area contributed by atoms with E-state index in [0.717, 1.165) is 17.6 Å². The van der Waals surface area contributed by atoms with Crippen LogP contribution < -0.4 is 5.73 Å². The van der Waals surface area contributed by atoms with E-state index in [1.807, 2.05) is 18.2 Å². The Hall–Kier alpha value is -0.570. The second-order valence-corrected chi connectivity index (χ2v) is 5.21. The van der Waals surface area contributed by atoms with Crippen LogP contribution in [-0.2, 0) is 0 Å². The number of nitrogens with zero attached hydrogens (tertiary/aromatic N) is 1. The fourth-order valence-corrected chi connectivity index (χ4v) is 2.63. The van der Waals surface area contributed by atoms with Gasteiger partial charge in [-0.1, -0.05) is 30.7 Å². The van der Waals surface area contributed by atoms with Crippen LogP contribution in [0.3, 0.4) is 0 Å². The summed E-state index contributed by atoms with van der Waals surface area (Å²) in [6, 6.07) is 9.17. The summed E-state index contributed by atoms with van der Waals surface area (Å²) in [5.74, 6) is 0. The molecule has 3 heteroatoms. The molecule has 0 amide bonds. The fraction of sp³-hybridized carbons (Fsp3) is 0.571. The molecule has 0 radical (unpaired) electrons. The first-order valence-corrected chi connectivity index (χ1v) is 6.85. The van der Waals surface area contributed by atoms with Crippen molar-refractivity contribution in [1.82, 2.24) is 4.90 Å². The zero-order chi connectivity index (χ0) is 12.3. The summed E-state index contributed by atoms with van der Waals surface area (Å²) < 4.78 is 0. The Morgan fingerprint density at radius 1 is 1.47 bits per heavy atom. The molecule has 1 aromatic rings. The molecule has 94 valence electrons. The minimum absolute atomic E-state index is 0.321. The third kappa shape index (κ3) is 3.21. The number of hydrogen-bond acceptors (Lipinski definition) is 2. The van der Waals surface area contributed by atoms with E-state index in [2.05, 4.69) is 17.9 Å². The van der Waals surface area contributed by atoms with Crippen molar-refractivity contribution in [2.75, 3.05) is 13.1 Å². The Kier molecular flexibility index (Phi) is 4.43. The quantitative estimate of drug-likeness (QED) is 0.843. The van der Waals surface area contributed by atoms with Gasteiger partial charge in [-0.05, 0) is 43.5 Å². The molecule has 17 heavy (non-hydrogen) atoms. The Balaban J connectivity index is 2.18. The zero-order valence-electron chi connectivity index (χ0n) is 10.4. The maximum absolute atomic E-state index is 6.06. The first kappa shape index (κ1) is 12.9. The van der Waals surface area contributed by atoms with Gasteiger partial charge in [-0.3, -0.25) is 4.90 Å². The molecule has 1 atom stereocenters. The second kappa shape index (κ2) is 5.85. The van der Waals surface area contributed by atoms with Crippen molar-refractivity contribution >= 4 is 11.6 Å². The summed E-state index contributed by atoms with van der Waals surface area (Å²) in [5.41, 5.74) is 7.22. The molecule has 0 bridgehead atoms. The van der Waals surface area contributed by atoms with Gasteiger partial charge in [0.05, 0.1) is 0 Å². The first-order valence-electron chi connectivity index (χ1n) is 6.47. The predicted octanol–water partition coefficient (Wildman–Crippen LogP) is 3.21. The van der Waals surface area contributed by atoms with E-state index in [-0.39, 0.29) is 0 Å². The third-order valence-corrected chi connectivity index (χ3v) is 3.59. The topological polar surface area (TPSA) is 29.3 Å². The predicted molar refractivity (Wildman–Crippen MR) is 73.3 cm³/mol. The highest BCUT2D eigenvalue weighted by Gasteiger charge is 2.33. The lowest BCUT2D eigenvalue weighted by Gasteiger charge is -2.31. The molecule has 0 heterocycles. The molecule has 1 fully saturated rings. The summed E-state index contributed by atoms with van der Waals surface area (Å²) in [6.45, 7) is 4.01. The van der Waals surface area contributed by atoms with Crippen molar-refractivity contribution in [2.24, 2.45) is 5.73 Å². The molecule has 0 spiro atoms. The minimum atomic E-state index is 0.321. The van der Waals surface area contributed by atoms with Crippen molar-refractivity contribution < 1.29 is 0 Å². The minimum Gasteiger partial charge on any atom is -0.329 e. The standard InChI is InChI=1S/C14H21ClN2/c1-2-8-17(13-6-7-13)14(10-16)11-4-3-5-12(15)9-11/h3-5,9,13-14H,2,6-8,10,16H2,1H3. The average Bonchev–Trinajstić information content (AvgIpc) is 3.13. The molecular formula is C14H21ClN2. The summed E-state index contributed by atoms with van der Waals surface area (Å²) in [4.78, 5) is 2.55. The van der Waals surface area contributed by atoms with Gasteiger partial charge in [-0.25, -0.2) is 0 Å². The van der Waals surface area contributed by atoms with Crippen LogP contribution in [0.1, 0.15) is 37.8 Å². The van der Waals surface area contributed by atoms with Gasteiger partial charge in [0.2, 0.25) is 0 Å². The third-order valence-electron chi connectivity index (χ3n) is 3.35. The summed E-state index contributed by atoms with van der Waals surface area (Å²) in [5, 5.41) is 0.799. The van der Waals surface area contributed by atoms with E-state index in [1.54, 1.807) is 0 Å². The summed E-state index contributed by atoms with van der Waals surface area (Å²) >= 11 is 6.06. The monoisotopic (exact) mass is 252 g/mol. The number of benzene rings is 1. The molecule has 2 nitrogen and oxygen atoms in total. The molecule has 1 aliphatic carbocycles. The maximum Gasteiger partial charge on any atom is 0.0473 e. The van der Waals surface area contributed by atoms with Crippen molar-refractivity contribution in [2.45, 2.75) is 38.3 Å². The van der Waals surface area contributed by atoms with Gasteiger partial charge in [-0.15, -0.1) is 0 Å². The van der Waals surface area contributed by atoms with Crippen LogP contribution in [0.15, 0.2) is 24.3 Å². The lowest BCUT2D eigenvalue weighted by atomic mass is 10.0. The molecule has 1 unspecified atom stereocenters. The van der Waals surface area contributed by atoms with Crippen LogP contribution >= 0.6 is 11.6 Å². The van der Waals surface area contributed by atoms with E-state index in [1.165, 1.54) is 24.8 Å². The van der Waals surface area contributed by atoms with E-state index < -0.39 is 0 Å². The highest BCUT2D eigenvalue weighted by molar-refractivity contribution is 6.30.